The number of non-ortho nitro benzene ring substituents is 1. The molecule has 1 aromatic carbocycles. The van der Waals surface area contributed by atoms with Gasteiger partial charge in [0.25, 0.3) is 15.7 Å². The number of rotatable bonds is 6. The fraction of sp³-hybridized carbons (Fsp3) is 0.154. The van der Waals surface area contributed by atoms with Crippen LogP contribution in [-0.2, 0) is 14.8 Å². The van der Waals surface area contributed by atoms with Crippen molar-refractivity contribution in [2.45, 2.75) is 4.90 Å². The second kappa shape index (κ2) is 6.84. The van der Waals surface area contributed by atoms with E-state index in [2.05, 4.69) is 9.46 Å². The Labute approximate surface area is 141 Å². The molecule has 0 aliphatic carbocycles. The number of hydrogen-bond acceptors (Lipinski definition) is 8. The standard InChI is InChI=1S/C13H12N2O7S2/c1-21-9-7-8(15(17)18)3-5-11(9)24(19,20)14-12-6-4-10(23-12)13(16)22-2/h3-7,14H,1-2H3. The summed E-state index contributed by atoms with van der Waals surface area (Å²) in [4.78, 5) is 21.5. The van der Waals surface area contributed by atoms with Crippen LogP contribution in [0.3, 0.4) is 0 Å². The highest BCUT2D eigenvalue weighted by atomic mass is 32.2. The van der Waals surface area contributed by atoms with E-state index in [1.165, 1.54) is 26.4 Å². The first kappa shape index (κ1) is 17.7. The smallest absolute Gasteiger partial charge is 0.348 e. The Hall–Kier alpha value is -2.66. The number of nitrogens with zero attached hydrogens (tertiary/aromatic N) is 1. The Balaban J connectivity index is 2.35. The van der Waals surface area contributed by atoms with Gasteiger partial charge in [0, 0.05) is 6.07 Å². The van der Waals surface area contributed by atoms with Gasteiger partial charge in [0.2, 0.25) is 0 Å². The first-order valence-electron chi connectivity index (χ1n) is 6.32. The average Bonchev–Trinajstić information content (AvgIpc) is 3.01. The van der Waals surface area contributed by atoms with Gasteiger partial charge >= 0.3 is 5.97 Å². The van der Waals surface area contributed by atoms with Crippen LogP contribution in [0.25, 0.3) is 0 Å². The second-order valence-corrected chi connectivity index (χ2v) is 7.09. The summed E-state index contributed by atoms with van der Waals surface area (Å²) in [5.74, 6) is -0.750. The van der Waals surface area contributed by atoms with Gasteiger partial charge in [-0.3, -0.25) is 14.8 Å². The van der Waals surface area contributed by atoms with Gasteiger partial charge in [0.1, 0.15) is 20.5 Å². The molecule has 0 spiro atoms. The SMILES string of the molecule is COC(=O)c1ccc(NS(=O)(=O)c2ccc([N+](=O)[O-])cc2OC)s1. The summed E-state index contributed by atoms with van der Waals surface area (Å²) in [5.41, 5.74) is -0.296. The summed E-state index contributed by atoms with van der Waals surface area (Å²) in [6.07, 6.45) is 0. The third-order valence-corrected chi connectivity index (χ3v) is 5.39. The lowest BCUT2D eigenvalue weighted by molar-refractivity contribution is -0.385. The van der Waals surface area contributed by atoms with Gasteiger partial charge in [-0.1, -0.05) is 0 Å². The number of sulfonamides is 1. The maximum Gasteiger partial charge on any atom is 0.348 e. The van der Waals surface area contributed by atoms with Crippen molar-refractivity contribution >= 4 is 38.0 Å². The molecule has 0 aliphatic rings. The molecule has 128 valence electrons. The number of nitro groups is 1. The molecule has 1 N–H and O–H groups in total. The van der Waals surface area contributed by atoms with E-state index in [1.54, 1.807) is 0 Å². The van der Waals surface area contributed by atoms with Crippen molar-refractivity contribution in [3.05, 3.63) is 45.3 Å². The predicted octanol–water partition coefficient (Wildman–Crippen LogP) is 2.25. The number of methoxy groups -OCH3 is 2. The lowest BCUT2D eigenvalue weighted by atomic mass is 10.3. The molecule has 0 atom stereocenters. The zero-order valence-corrected chi connectivity index (χ0v) is 14.1. The van der Waals surface area contributed by atoms with E-state index in [9.17, 15) is 23.3 Å². The van der Waals surface area contributed by atoms with E-state index in [-0.39, 0.29) is 26.2 Å². The van der Waals surface area contributed by atoms with Gasteiger partial charge < -0.3 is 9.47 Å². The lowest BCUT2D eigenvalue weighted by Crippen LogP contribution is -2.13. The van der Waals surface area contributed by atoms with Crippen LogP contribution in [0.4, 0.5) is 10.7 Å². The molecule has 0 unspecified atom stereocenters. The molecule has 2 aromatic rings. The Kier molecular flexibility index (Phi) is 5.04. The molecule has 1 heterocycles. The molecule has 0 amide bonds. The summed E-state index contributed by atoms with van der Waals surface area (Å²) < 4.78 is 36.6. The van der Waals surface area contributed by atoms with Gasteiger partial charge in [-0.05, 0) is 18.2 Å². The maximum atomic E-state index is 12.4. The number of thiophene rings is 1. The van der Waals surface area contributed by atoms with Crippen LogP contribution in [0.2, 0.25) is 0 Å². The molecule has 24 heavy (non-hydrogen) atoms. The molecule has 0 aliphatic heterocycles. The Morgan fingerprint density at radius 3 is 2.54 bits per heavy atom. The number of nitrogens with one attached hydrogen (secondary N) is 1. The van der Waals surface area contributed by atoms with Gasteiger partial charge in [0.15, 0.2) is 0 Å². The monoisotopic (exact) mass is 372 g/mol. The van der Waals surface area contributed by atoms with Crippen LogP contribution in [0.15, 0.2) is 35.2 Å². The third-order valence-electron chi connectivity index (χ3n) is 2.88. The molecule has 1 aromatic heterocycles. The highest BCUT2D eigenvalue weighted by Crippen LogP contribution is 2.31. The van der Waals surface area contributed by atoms with Gasteiger partial charge in [-0.2, -0.15) is 0 Å². The van der Waals surface area contributed by atoms with Gasteiger partial charge in [-0.15, -0.1) is 11.3 Å². The van der Waals surface area contributed by atoms with E-state index < -0.39 is 20.9 Å². The number of esters is 1. The summed E-state index contributed by atoms with van der Waals surface area (Å²) in [6.45, 7) is 0. The number of carbonyl (C=O) groups is 1. The molecular weight excluding hydrogens is 360 g/mol. The number of carbonyl (C=O) groups excluding carboxylic acids is 1. The topological polar surface area (TPSA) is 125 Å². The van der Waals surface area contributed by atoms with Crippen molar-refractivity contribution in [2.75, 3.05) is 18.9 Å². The average molecular weight is 372 g/mol. The van der Waals surface area contributed by atoms with Gasteiger partial charge in [-0.25, -0.2) is 13.2 Å². The van der Waals surface area contributed by atoms with Crippen molar-refractivity contribution in [2.24, 2.45) is 0 Å². The van der Waals surface area contributed by atoms with Crippen LogP contribution >= 0.6 is 11.3 Å². The number of nitro benzene ring substituents is 1. The minimum absolute atomic E-state index is 0.165. The van der Waals surface area contributed by atoms with Crippen LogP contribution in [0.1, 0.15) is 9.67 Å². The Bertz CT molecular complexity index is 889. The highest BCUT2D eigenvalue weighted by molar-refractivity contribution is 7.93. The van der Waals surface area contributed by atoms with Crippen LogP contribution < -0.4 is 9.46 Å². The van der Waals surface area contributed by atoms with Crippen LogP contribution in [0, 0.1) is 10.1 Å². The van der Waals surface area contributed by atoms with Crippen molar-refractivity contribution in [1.82, 2.24) is 0 Å². The molecule has 0 bridgehead atoms. The van der Waals surface area contributed by atoms with E-state index >= 15 is 0 Å². The van der Waals surface area contributed by atoms with Crippen molar-refractivity contribution in [3.63, 3.8) is 0 Å². The fourth-order valence-electron chi connectivity index (χ4n) is 1.78. The normalized spacial score (nSPS) is 10.9. The quantitative estimate of drug-likeness (QED) is 0.468. The van der Waals surface area contributed by atoms with E-state index in [0.717, 1.165) is 29.5 Å². The third kappa shape index (κ3) is 3.63. The van der Waals surface area contributed by atoms with Crippen molar-refractivity contribution in [3.8, 4) is 5.75 Å². The van der Waals surface area contributed by atoms with E-state index in [4.69, 9.17) is 4.74 Å². The summed E-state index contributed by atoms with van der Waals surface area (Å²) >= 11 is 0.895. The minimum atomic E-state index is -4.06. The number of hydrogen-bond donors (Lipinski definition) is 1. The molecule has 0 saturated carbocycles. The van der Waals surface area contributed by atoms with Crippen molar-refractivity contribution < 1.29 is 27.6 Å². The Morgan fingerprint density at radius 1 is 1.25 bits per heavy atom. The lowest BCUT2D eigenvalue weighted by Gasteiger charge is -2.10. The first-order chi connectivity index (χ1) is 11.3. The molecule has 2 rings (SSSR count). The van der Waals surface area contributed by atoms with E-state index in [0.29, 0.717) is 0 Å². The predicted molar refractivity (Wildman–Crippen MR) is 86.1 cm³/mol. The zero-order valence-electron chi connectivity index (χ0n) is 12.5. The highest BCUT2D eigenvalue weighted by Gasteiger charge is 2.23. The zero-order chi connectivity index (χ0) is 17.9. The Morgan fingerprint density at radius 2 is 1.96 bits per heavy atom. The summed E-state index contributed by atoms with van der Waals surface area (Å²) in [5, 5.41) is 10.9. The molecular formula is C13H12N2O7S2. The summed E-state index contributed by atoms with van der Waals surface area (Å²) in [6, 6.07) is 5.98. The fourth-order valence-corrected chi connectivity index (χ4v) is 4.05. The molecule has 0 radical (unpaired) electrons. The number of ether oxygens (including phenoxy) is 2. The van der Waals surface area contributed by atoms with Crippen LogP contribution in [-0.4, -0.2) is 33.5 Å². The van der Waals surface area contributed by atoms with Gasteiger partial charge in [0.05, 0.1) is 25.2 Å². The molecule has 0 saturated heterocycles. The largest absolute Gasteiger partial charge is 0.495 e. The molecule has 0 fully saturated rings. The van der Waals surface area contributed by atoms with E-state index in [1.807, 2.05) is 0 Å². The second-order valence-electron chi connectivity index (χ2n) is 4.35. The summed E-state index contributed by atoms with van der Waals surface area (Å²) in [7, 11) is -1.63. The minimum Gasteiger partial charge on any atom is -0.495 e. The number of anilines is 1. The molecule has 11 heteroatoms. The number of benzene rings is 1. The maximum absolute atomic E-state index is 12.4. The van der Waals surface area contributed by atoms with Crippen molar-refractivity contribution in [1.29, 1.82) is 0 Å². The molecule has 9 nitrogen and oxygen atoms in total. The first-order valence-corrected chi connectivity index (χ1v) is 8.62. The van der Waals surface area contributed by atoms with Crippen LogP contribution in [0.5, 0.6) is 5.75 Å².